The van der Waals surface area contributed by atoms with Gasteiger partial charge in [0, 0.05) is 25.0 Å². The van der Waals surface area contributed by atoms with E-state index in [4.69, 9.17) is 4.74 Å². The van der Waals surface area contributed by atoms with E-state index in [2.05, 4.69) is 45.4 Å². The third-order valence-electron chi connectivity index (χ3n) is 6.98. The van der Waals surface area contributed by atoms with E-state index in [-0.39, 0.29) is 18.9 Å². The zero-order chi connectivity index (χ0) is 28.2. The van der Waals surface area contributed by atoms with Gasteiger partial charge in [0.15, 0.2) is 0 Å². The van der Waals surface area contributed by atoms with Crippen molar-refractivity contribution in [3.05, 3.63) is 11.6 Å². The number of amides is 1. The van der Waals surface area contributed by atoms with Gasteiger partial charge in [-0.1, -0.05) is 84.3 Å². The lowest BCUT2D eigenvalue weighted by Gasteiger charge is -2.19. The molecule has 0 aromatic carbocycles. The van der Waals surface area contributed by atoms with E-state index in [0.717, 1.165) is 29.9 Å². The number of allylic oxidation sites excluding steroid dienone is 1. The Morgan fingerprint density at radius 1 is 0.865 bits per heavy atom. The Balaban J connectivity index is 4.21. The van der Waals surface area contributed by atoms with Crippen LogP contribution < -0.4 is 0 Å². The second-order valence-corrected chi connectivity index (χ2v) is 12.3. The normalized spacial score (nSPS) is 14.2. The topological polar surface area (TPSA) is 72.9 Å². The smallest absolute Gasteiger partial charge is 0.325 e. The van der Waals surface area contributed by atoms with Crippen molar-refractivity contribution in [1.29, 1.82) is 0 Å². The second-order valence-electron chi connectivity index (χ2n) is 11.2. The molecular formula is C30H55NO5S. The van der Waals surface area contributed by atoms with Gasteiger partial charge in [-0.2, -0.15) is 11.8 Å². The fourth-order valence-corrected chi connectivity index (χ4v) is 5.39. The lowest BCUT2D eigenvalue weighted by Crippen LogP contribution is -2.35. The fourth-order valence-electron chi connectivity index (χ4n) is 4.31. The van der Waals surface area contributed by atoms with Crippen LogP contribution >= 0.6 is 11.8 Å². The second kappa shape index (κ2) is 21.4. The molecule has 0 aliphatic rings. The van der Waals surface area contributed by atoms with Crippen LogP contribution in [0.1, 0.15) is 98.8 Å². The van der Waals surface area contributed by atoms with Crippen LogP contribution in [-0.4, -0.2) is 62.1 Å². The molecule has 0 bridgehead atoms. The van der Waals surface area contributed by atoms with Gasteiger partial charge in [-0.3, -0.25) is 14.4 Å². The summed E-state index contributed by atoms with van der Waals surface area (Å²) in [6.45, 7) is 11.5. The molecule has 3 unspecified atom stereocenters. The van der Waals surface area contributed by atoms with Crippen molar-refractivity contribution < 1.29 is 23.9 Å². The molecule has 6 nitrogen and oxygen atoms in total. The minimum Gasteiger partial charge on any atom is -0.469 e. The van der Waals surface area contributed by atoms with E-state index in [9.17, 15) is 14.4 Å². The summed E-state index contributed by atoms with van der Waals surface area (Å²) in [5.41, 5.74) is 1.38. The summed E-state index contributed by atoms with van der Waals surface area (Å²) < 4.78 is 9.48. The van der Waals surface area contributed by atoms with Gasteiger partial charge in [0.05, 0.1) is 20.1 Å². The Morgan fingerprint density at radius 3 is 1.97 bits per heavy atom. The maximum Gasteiger partial charge on any atom is 0.325 e. The molecule has 0 N–H and O–H groups in total. The van der Waals surface area contributed by atoms with Crippen LogP contribution in [0.4, 0.5) is 0 Å². The molecule has 3 atom stereocenters. The largest absolute Gasteiger partial charge is 0.469 e. The molecule has 216 valence electrons. The molecule has 0 saturated carbocycles. The Hall–Kier alpha value is -1.50. The maximum atomic E-state index is 12.4. The molecule has 0 radical (unpaired) electrons. The van der Waals surface area contributed by atoms with Crippen molar-refractivity contribution in [3.8, 4) is 0 Å². The Bertz CT molecular complexity index is 679. The van der Waals surface area contributed by atoms with Crippen LogP contribution in [0.2, 0.25) is 0 Å². The Labute approximate surface area is 231 Å². The van der Waals surface area contributed by atoms with Gasteiger partial charge in [0.2, 0.25) is 5.91 Å². The van der Waals surface area contributed by atoms with E-state index < -0.39 is 17.9 Å². The van der Waals surface area contributed by atoms with E-state index >= 15 is 0 Å². The molecule has 0 aliphatic carbocycles. The van der Waals surface area contributed by atoms with Crippen LogP contribution in [0.15, 0.2) is 11.6 Å². The Kier molecular flexibility index (Phi) is 20.6. The minimum atomic E-state index is -0.532. The van der Waals surface area contributed by atoms with Crippen molar-refractivity contribution in [2.75, 3.05) is 39.3 Å². The third-order valence-corrected chi connectivity index (χ3v) is 8.02. The number of carbonyl (C=O) groups excluding carboxylic acids is 3. The van der Waals surface area contributed by atoms with Crippen molar-refractivity contribution in [1.82, 2.24) is 4.90 Å². The highest BCUT2D eigenvalue weighted by atomic mass is 32.2. The van der Waals surface area contributed by atoms with Crippen molar-refractivity contribution in [2.24, 2.45) is 23.7 Å². The molecule has 1 amide bonds. The molecule has 0 aromatic heterocycles. The predicted molar refractivity (Wildman–Crippen MR) is 156 cm³/mol. The van der Waals surface area contributed by atoms with Gasteiger partial charge in [-0.25, -0.2) is 0 Å². The number of rotatable bonds is 21. The van der Waals surface area contributed by atoms with Crippen LogP contribution in [0.25, 0.3) is 0 Å². The molecule has 37 heavy (non-hydrogen) atoms. The summed E-state index contributed by atoms with van der Waals surface area (Å²) >= 11 is 1.63. The molecule has 0 spiro atoms. The Morgan fingerprint density at radius 2 is 1.43 bits per heavy atom. The lowest BCUT2D eigenvalue weighted by atomic mass is 9.91. The summed E-state index contributed by atoms with van der Waals surface area (Å²) in [5.74, 6) is 2.06. The van der Waals surface area contributed by atoms with Crippen LogP contribution in [0.5, 0.6) is 0 Å². The number of carbonyl (C=O) groups is 3. The van der Waals surface area contributed by atoms with Gasteiger partial charge in [-0.05, 0) is 37.5 Å². The number of methoxy groups -OCH3 is 2. The first-order chi connectivity index (χ1) is 17.5. The van der Waals surface area contributed by atoms with E-state index in [1.807, 2.05) is 0 Å². The molecule has 0 saturated heterocycles. The highest BCUT2D eigenvalue weighted by Crippen LogP contribution is 2.22. The SMILES string of the molecule is COC(=O)CN(C)C(=O)CC(CSC/C=C(\C)CCCC(C)CCCC(C)CCCC(C)C)C(=O)OC. The van der Waals surface area contributed by atoms with Gasteiger partial charge in [0.25, 0.3) is 0 Å². The number of hydrogen-bond donors (Lipinski definition) is 0. The third kappa shape index (κ3) is 19.3. The lowest BCUT2D eigenvalue weighted by molar-refractivity contribution is -0.149. The molecule has 7 heteroatoms. The van der Waals surface area contributed by atoms with Crippen LogP contribution in [0.3, 0.4) is 0 Å². The van der Waals surface area contributed by atoms with Crippen LogP contribution in [-0.2, 0) is 23.9 Å². The van der Waals surface area contributed by atoms with Gasteiger partial charge >= 0.3 is 11.9 Å². The number of ether oxygens (including phenoxy) is 2. The summed E-state index contributed by atoms with van der Waals surface area (Å²) in [5, 5.41) is 0. The monoisotopic (exact) mass is 541 g/mol. The van der Waals surface area contributed by atoms with Crippen molar-refractivity contribution in [2.45, 2.75) is 98.8 Å². The number of esters is 2. The number of hydrogen-bond acceptors (Lipinski definition) is 6. The van der Waals surface area contributed by atoms with Gasteiger partial charge < -0.3 is 14.4 Å². The summed E-state index contributed by atoms with van der Waals surface area (Å²) in [4.78, 5) is 37.2. The summed E-state index contributed by atoms with van der Waals surface area (Å²) in [7, 11) is 4.15. The predicted octanol–water partition coefficient (Wildman–Crippen LogP) is 6.92. The van der Waals surface area contributed by atoms with Crippen molar-refractivity contribution in [3.63, 3.8) is 0 Å². The molecule has 0 aliphatic heterocycles. The standard InChI is InChI=1S/C30H55NO5S/c1-23(2)12-9-13-24(3)14-10-15-25(4)16-11-17-26(5)18-19-37-22-27(30(34)36-8)20-28(32)31(6)21-29(33)35-7/h18,23-25,27H,9-17,19-22H2,1-8H3/b26-18+. The van der Waals surface area contributed by atoms with Crippen molar-refractivity contribution >= 4 is 29.6 Å². The molecule has 0 fully saturated rings. The average Bonchev–Trinajstić information content (AvgIpc) is 2.84. The number of thioether (sulfide) groups is 1. The summed E-state index contributed by atoms with van der Waals surface area (Å²) in [6.07, 6.45) is 14.0. The molecule has 0 aromatic rings. The number of likely N-dealkylation sites (N-methyl/N-ethyl adjacent to an activating group) is 1. The zero-order valence-electron chi connectivity index (χ0n) is 25.0. The first-order valence-corrected chi connectivity index (χ1v) is 15.3. The van der Waals surface area contributed by atoms with E-state index in [1.165, 1.54) is 83.1 Å². The quantitative estimate of drug-likeness (QED) is 0.0892. The molecule has 0 heterocycles. The fraction of sp³-hybridized carbons (Fsp3) is 0.833. The van der Waals surface area contributed by atoms with E-state index in [1.54, 1.807) is 11.8 Å². The van der Waals surface area contributed by atoms with Crippen LogP contribution in [0, 0.1) is 23.7 Å². The molecule has 0 rings (SSSR count). The van der Waals surface area contributed by atoms with Gasteiger partial charge in [-0.15, -0.1) is 0 Å². The highest BCUT2D eigenvalue weighted by molar-refractivity contribution is 7.99. The highest BCUT2D eigenvalue weighted by Gasteiger charge is 2.25. The van der Waals surface area contributed by atoms with Gasteiger partial charge in [0.1, 0.15) is 6.54 Å². The average molecular weight is 542 g/mol. The first-order valence-electron chi connectivity index (χ1n) is 14.1. The number of nitrogens with zero attached hydrogens (tertiary/aromatic N) is 1. The first kappa shape index (κ1) is 35.5. The zero-order valence-corrected chi connectivity index (χ0v) is 25.8. The minimum absolute atomic E-state index is 0.0183. The maximum absolute atomic E-state index is 12.4. The summed E-state index contributed by atoms with van der Waals surface area (Å²) in [6, 6.07) is 0. The van der Waals surface area contributed by atoms with E-state index in [0.29, 0.717) is 5.75 Å². The molecular weight excluding hydrogens is 486 g/mol.